The first-order valence-corrected chi connectivity index (χ1v) is 9.67. The van der Waals surface area contributed by atoms with Gasteiger partial charge in [-0.05, 0) is 31.4 Å². The molecule has 2 aromatic rings. The second-order valence-electron chi connectivity index (χ2n) is 6.95. The highest BCUT2D eigenvalue weighted by atomic mass is 19.1. The Labute approximate surface area is 164 Å². The minimum Gasteiger partial charge on any atom is -0.489 e. The average Bonchev–Trinajstić information content (AvgIpc) is 3.21. The van der Waals surface area contributed by atoms with Crippen LogP contribution in [0.25, 0.3) is 0 Å². The molecule has 1 fully saturated rings. The van der Waals surface area contributed by atoms with E-state index in [1.54, 1.807) is 6.20 Å². The highest BCUT2D eigenvalue weighted by Gasteiger charge is 2.28. The topological polar surface area (TPSA) is 54.7 Å². The van der Waals surface area contributed by atoms with Gasteiger partial charge >= 0.3 is 0 Å². The van der Waals surface area contributed by atoms with Crippen LogP contribution >= 0.6 is 0 Å². The number of benzene rings is 1. The summed E-state index contributed by atoms with van der Waals surface area (Å²) < 4.78 is 34.1. The summed E-state index contributed by atoms with van der Waals surface area (Å²) in [5.41, 5.74) is 0. The molecule has 3 rings (SSSR count). The van der Waals surface area contributed by atoms with Gasteiger partial charge in [0.2, 0.25) is 0 Å². The first kappa shape index (κ1) is 20.1. The third-order valence-corrected chi connectivity index (χ3v) is 4.97. The Morgan fingerprint density at radius 3 is 2.96 bits per heavy atom. The lowest BCUT2D eigenvalue weighted by Crippen LogP contribution is -2.49. The highest BCUT2D eigenvalue weighted by Crippen LogP contribution is 2.27. The molecule has 2 atom stereocenters. The SMILES string of the molecule is CCNC(=NCCOc1ccc(F)cc1F)N1CCC(C)C(n2ccnc2)C1. The number of hydrogen-bond donors (Lipinski definition) is 1. The Morgan fingerprint density at radius 1 is 1.39 bits per heavy atom. The molecule has 1 aliphatic heterocycles. The fraction of sp³-hybridized carbons (Fsp3) is 0.500. The van der Waals surface area contributed by atoms with Gasteiger partial charge in [-0.1, -0.05) is 6.92 Å². The number of aromatic nitrogens is 2. The maximum absolute atomic E-state index is 13.6. The predicted octanol–water partition coefficient (Wildman–Crippen LogP) is 3.09. The standard InChI is InChI=1S/C20H27F2N5O/c1-3-24-20(25-8-11-28-19-5-4-16(21)12-17(19)22)26-9-6-15(2)18(13-26)27-10-7-23-14-27/h4-5,7,10,12,14-15,18H,3,6,8-9,11,13H2,1-2H3,(H,24,25). The number of nitrogens with zero attached hydrogens (tertiary/aromatic N) is 4. The largest absolute Gasteiger partial charge is 0.489 e. The first-order valence-electron chi connectivity index (χ1n) is 9.67. The van der Waals surface area contributed by atoms with Crippen molar-refractivity contribution in [2.75, 3.05) is 32.8 Å². The van der Waals surface area contributed by atoms with Crippen molar-refractivity contribution in [3.63, 3.8) is 0 Å². The lowest BCUT2D eigenvalue weighted by atomic mass is 9.93. The van der Waals surface area contributed by atoms with Crippen molar-refractivity contribution >= 4 is 5.96 Å². The van der Waals surface area contributed by atoms with E-state index in [9.17, 15) is 8.78 Å². The summed E-state index contributed by atoms with van der Waals surface area (Å²) >= 11 is 0. The monoisotopic (exact) mass is 391 g/mol. The van der Waals surface area contributed by atoms with E-state index in [-0.39, 0.29) is 12.4 Å². The molecule has 0 aliphatic carbocycles. The molecule has 6 nitrogen and oxygen atoms in total. The molecular weight excluding hydrogens is 364 g/mol. The van der Waals surface area contributed by atoms with Crippen molar-refractivity contribution in [3.8, 4) is 5.75 Å². The number of guanidine groups is 1. The predicted molar refractivity (Wildman–Crippen MR) is 104 cm³/mol. The summed E-state index contributed by atoms with van der Waals surface area (Å²) in [5.74, 6) is 0.0857. The zero-order valence-corrected chi connectivity index (χ0v) is 16.3. The maximum Gasteiger partial charge on any atom is 0.194 e. The Bertz CT molecular complexity index is 781. The molecular formula is C20H27F2N5O. The number of aliphatic imine (C=N–C) groups is 1. The van der Waals surface area contributed by atoms with Crippen LogP contribution in [-0.4, -0.2) is 53.2 Å². The van der Waals surface area contributed by atoms with Gasteiger partial charge in [-0.3, -0.25) is 0 Å². The summed E-state index contributed by atoms with van der Waals surface area (Å²) in [6, 6.07) is 3.62. The van der Waals surface area contributed by atoms with Gasteiger partial charge in [0.15, 0.2) is 17.5 Å². The average molecular weight is 391 g/mol. The lowest BCUT2D eigenvalue weighted by molar-refractivity contribution is 0.188. The molecule has 1 aromatic heterocycles. The summed E-state index contributed by atoms with van der Waals surface area (Å²) in [7, 11) is 0. The normalized spacial score (nSPS) is 20.3. The van der Waals surface area contributed by atoms with Crippen LogP contribution in [0.1, 0.15) is 26.3 Å². The maximum atomic E-state index is 13.6. The van der Waals surface area contributed by atoms with E-state index < -0.39 is 11.6 Å². The summed E-state index contributed by atoms with van der Waals surface area (Å²) in [6.07, 6.45) is 6.72. The number of rotatable bonds is 6. The van der Waals surface area contributed by atoms with Gasteiger partial charge in [0, 0.05) is 38.1 Å². The Morgan fingerprint density at radius 2 is 2.25 bits per heavy atom. The Kier molecular flexibility index (Phi) is 6.84. The van der Waals surface area contributed by atoms with Gasteiger partial charge in [-0.25, -0.2) is 18.8 Å². The van der Waals surface area contributed by atoms with E-state index in [2.05, 4.69) is 31.7 Å². The van der Waals surface area contributed by atoms with Crippen LogP contribution in [0.5, 0.6) is 5.75 Å². The molecule has 8 heteroatoms. The molecule has 28 heavy (non-hydrogen) atoms. The number of likely N-dealkylation sites (tertiary alicyclic amines) is 1. The van der Waals surface area contributed by atoms with Gasteiger partial charge in [0.1, 0.15) is 12.4 Å². The number of ether oxygens (including phenoxy) is 1. The smallest absolute Gasteiger partial charge is 0.194 e. The molecule has 2 unspecified atom stereocenters. The van der Waals surface area contributed by atoms with Crippen LogP contribution in [0.3, 0.4) is 0 Å². The molecule has 1 N–H and O–H groups in total. The molecule has 0 saturated carbocycles. The van der Waals surface area contributed by atoms with Gasteiger partial charge in [-0.15, -0.1) is 0 Å². The Hall–Kier alpha value is -2.64. The van der Waals surface area contributed by atoms with Crippen molar-refractivity contribution in [1.82, 2.24) is 19.8 Å². The Balaban J connectivity index is 1.60. The number of nitrogens with one attached hydrogen (secondary N) is 1. The molecule has 1 aromatic carbocycles. The molecule has 0 bridgehead atoms. The number of imidazole rings is 1. The molecule has 1 aliphatic rings. The van der Waals surface area contributed by atoms with Crippen molar-refractivity contribution in [3.05, 3.63) is 48.6 Å². The van der Waals surface area contributed by atoms with E-state index in [4.69, 9.17) is 4.74 Å². The summed E-state index contributed by atoms with van der Waals surface area (Å²) in [5, 5.41) is 3.32. The van der Waals surface area contributed by atoms with Gasteiger partial charge in [0.25, 0.3) is 0 Å². The minimum atomic E-state index is -0.705. The minimum absolute atomic E-state index is 0.0357. The van der Waals surface area contributed by atoms with Crippen LogP contribution in [0.2, 0.25) is 0 Å². The van der Waals surface area contributed by atoms with Gasteiger partial charge < -0.3 is 19.5 Å². The van der Waals surface area contributed by atoms with Crippen LogP contribution in [0.4, 0.5) is 8.78 Å². The molecule has 0 radical (unpaired) electrons. The highest BCUT2D eigenvalue weighted by molar-refractivity contribution is 5.80. The van der Waals surface area contributed by atoms with Crippen LogP contribution < -0.4 is 10.1 Å². The molecule has 0 spiro atoms. The van der Waals surface area contributed by atoms with Crippen molar-refractivity contribution in [1.29, 1.82) is 0 Å². The van der Waals surface area contributed by atoms with Crippen LogP contribution in [-0.2, 0) is 0 Å². The molecule has 0 amide bonds. The third-order valence-electron chi connectivity index (χ3n) is 4.97. The van der Waals surface area contributed by atoms with E-state index in [1.165, 1.54) is 12.1 Å². The second kappa shape index (κ2) is 9.52. The number of piperidine rings is 1. The van der Waals surface area contributed by atoms with Crippen LogP contribution in [0, 0.1) is 17.6 Å². The number of halogens is 2. The van der Waals surface area contributed by atoms with E-state index in [0.29, 0.717) is 18.5 Å². The van der Waals surface area contributed by atoms with E-state index in [0.717, 1.165) is 38.1 Å². The van der Waals surface area contributed by atoms with E-state index >= 15 is 0 Å². The quantitative estimate of drug-likeness (QED) is 0.467. The van der Waals surface area contributed by atoms with Crippen molar-refractivity contribution in [2.45, 2.75) is 26.3 Å². The molecule has 1 saturated heterocycles. The fourth-order valence-electron chi connectivity index (χ4n) is 3.42. The van der Waals surface area contributed by atoms with E-state index in [1.807, 2.05) is 19.4 Å². The van der Waals surface area contributed by atoms with Gasteiger partial charge in [0.05, 0.1) is 18.9 Å². The fourth-order valence-corrected chi connectivity index (χ4v) is 3.42. The van der Waals surface area contributed by atoms with Crippen molar-refractivity contribution < 1.29 is 13.5 Å². The molecule has 152 valence electrons. The molecule has 2 heterocycles. The zero-order valence-electron chi connectivity index (χ0n) is 16.3. The lowest BCUT2D eigenvalue weighted by Gasteiger charge is -2.39. The second-order valence-corrected chi connectivity index (χ2v) is 6.95. The number of hydrogen-bond acceptors (Lipinski definition) is 3. The summed E-state index contributed by atoms with van der Waals surface area (Å²) in [6.45, 7) is 7.40. The first-order chi connectivity index (χ1) is 13.6. The summed E-state index contributed by atoms with van der Waals surface area (Å²) in [4.78, 5) is 11.0. The van der Waals surface area contributed by atoms with Crippen LogP contribution in [0.15, 0.2) is 41.9 Å². The van der Waals surface area contributed by atoms with Crippen molar-refractivity contribution in [2.24, 2.45) is 10.9 Å². The van der Waals surface area contributed by atoms with Gasteiger partial charge in [-0.2, -0.15) is 0 Å². The zero-order chi connectivity index (χ0) is 19.9. The third kappa shape index (κ3) is 4.99.